The van der Waals surface area contributed by atoms with Crippen molar-refractivity contribution in [3.63, 3.8) is 0 Å². The van der Waals surface area contributed by atoms with Crippen molar-refractivity contribution in [3.05, 3.63) is 0 Å². The van der Waals surface area contributed by atoms with Crippen LogP contribution in [0.5, 0.6) is 0 Å². The molecule has 15 atom stereocenters. The zero-order valence-corrected chi connectivity index (χ0v) is 17.6. The van der Waals surface area contributed by atoms with E-state index in [1.165, 1.54) is 6.92 Å². The average Bonchev–Trinajstić information content (AvgIpc) is 2.79. The molecule has 3 fully saturated rings. The summed E-state index contributed by atoms with van der Waals surface area (Å²) in [6, 6.07) is 0. The second-order valence-corrected chi connectivity index (χ2v) is 8.36. The Balaban J connectivity index is 1.66. The molecule has 3 heterocycles. The van der Waals surface area contributed by atoms with E-state index in [-0.39, 0.29) is 0 Å². The first-order valence-electron chi connectivity index (χ1n) is 10.4. The molecule has 15 nitrogen and oxygen atoms in total. The van der Waals surface area contributed by atoms with E-state index in [4.69, 9.17) is 23.7 Å². The normalized spacial score (nSPS) is 53.7. The SMILES string of the molecule is C[C@@H]1O[C@@H](OC[C@H]2O[C@@H](O[C@H]3[C@H](O)[C@@H](O)C(O)O[C@@H]3CO)[C@H](O)[C@@H](O)[C@H]2O)[C@@H](O)[C@H](O)[C@@H]1O. The van der Waals surface area contributed by atoms with Gasteiger partial charge >= 0.3 is 0 Å². The Kier molecular flexibility index (Phi) is 8.99. The van der Waals surface area contributed by atoms with Crippen LogP contribution in [0.4, 0.5) is 0 Å². The predicted octanol–water partition coefficient (Wildman–Crippen LogP) is -6.55. The van der Waals surface area contributed by atoms with E-state index >= 15 is 0 Å². The summed E-state index contributed by atoms with van der Waals surface area (Å²) in [5.41, 5.74) is 0. The number of aliphatic hydroxyl groups excluding tert-OH is 10. The van der Waals surface area contributed by atoms with Gasteiger partial charge in [-0.15, -0.1) is 0 Å². The molecule has 194 valence electrons. The third kappa shape index (κ3) is 5.48. The smallest absolute Gasteiger partial charge is 0.187 e. The minimum Gasteiger partial charge on any atom is -0.394 e. The maximum absolute atomic E-state index is 10.3. The minimum absolute atomic E-state index is 0.531. The first kappa shape index (κ1) is 27.0. The van der Waals surface area contributed by atoms with Crippen molar-refractivity contribution in [2.75, 3.05) is 13.2 Å². The lowest BCUT2D eigenvalue weighted by Gasteiger charge is -2.45. The zero-order chi connectivity index (χ0) is 24.6. The first-order valence-corrected chi connectivity index (χ1v) is 10.4. The van der Waals surface area contributed by atoms with Gasteiger partial charge in [-0.1, -0.05) is 0 Å². The second kappa shape index (κ2) is 11.0. The van der Waals surface area contributed by atoms with Crippen LogP contribution in [-0.2, 0) is 23.7 Å². The van der Waals surface area contributed by atoms with Crippen LogP contribution in [0.15, 0.2) is 0 Å². The van der Waals surface area contributed by atoms with Crippen LogP contribution in [-0.4, -0.2) is 156 Å². The fourth-order valence-corrected chi connectivity index (χ4v) is 3.90. The molecule has 0 spiro atoms. The summed E-state index contributed by atoms with van der Waals surface area (Å²) in [4.78, 5) is 0. The minimum atomic E-state index is -1.83. The summed E-state index contributed by atoms with van der Waals surface area (Å²) in [6.45, 7) is 0.165. The molecule has 0 aromatic carbocycles. The number of aliphatic hydroxyl groups is 10. The topological polar surface area (TPSA) is 248 Å². The van der Waals surface area contributed by atoms with Crippen LogP contribution < -0.4 is 0 Å². The molecule has 0 aliphatic carbocycles. The van der Waals surface area contributed by atoms with E-state index in [1.54, 1.807) is 0 Å². The van der Waals surface area contributed by atoms with Crippen molar-refractivity contribution in [1.82, 2.24) is 0 Å². The van der Waals surface area contributed by atoms with Crippen molar-refractivity contribution in [2.24, 2.45) is 0 Å². The summed E-state index contributed by atoms with van der Waals surface area (Å²) in [5.74, 6) is 0. The molecular formula is C18H32O15. The fourth-order valence-electron chi connectivity index (χ4n) is 3.90. The number of hydrogen-bond acceptors (Lipinski definition) is 15. The average molecular weight is 488 g/mol. The van der Waals surface area contributed by atoms with E-state index in [2.05, 4.69) is 0 Å². The zero-order valence-electron chi connectivity index (χ0n) is 17.6. The number of hydrogen-bond donors (Lipinski definition) is 10. The molecule has 0 radical (unpaired) electrons. The van der Waals surface area contributed by atoms with Crippen molar-refractivity contribution in [3.8, 4) is 0 Å². The van der Waals surface area contributed by atoms with Gasteiger partial charge in [0.05, 0.1) is 19.3 Å². The third-order valence-electron chi connectivity index (χ3n) is 6.03. The monoisotopic (exact) mass is 488 g/mol. The van der Waals surface area contributed by atoms with Crippen molar-refractivity contribution < 1.29 is 74.7 Å². The Hall–Kier alpha value is -0.600. The van der Waals surface area contributed by atoms with Gasteiger partial charge in [-0.25, -0.2) is 0 Å². The van der Waals surface area contributed by atoms with Crippen LogP contribution in [0.25, 0.3) is 0 Å². The van der Waals surface area contributed by atoms with Crippen LogP contribution in [0, 0.1) is 0 Å². The van der Waals surface area contributed by atoms with Crippen LogP contribution in [0.3, 0.4) is 0 Å². The van der Waals surface area contributed by atoms with Gasteiger partial charge in [0.25, 0.3) is 0 Å². The summed E-state index contributed by atoms with van der Waals surface area (Å²) >= 11 is 0. The molecule has 0 amide bonds. The van der Waals surface area contributed by atoms with E-state index in [9.17, 15) is 51.1 Å². The molecule has 3 rings (SSSR count). The molecule has 3 aliphatic rings. The Morgan fingerprint density at radius 3 is 1.85 bits per heavy atom. The number of ether oxygens (including phenoxy) is 5. The largest absolute Gasteiger partial charge is 0.394 e. The van der Waals surface area contributed by atoms with Gasteiger partial charge in [-0.05, 0) is 6.92 Å². The molecule has 0 aromatic heterocycles. The Morgan fingerprint density at radius 2 is 1.21 bits per heavy atom. The highest BCUT2D eigenvalue weighted by atomic mass is 16.7. The summed E-state index contributed by atoms with van der Waals surface area (Å²) in [5, 5.41) is 99.4. The maximum atomic E-state index is 10.3. The van der Waals surface area contributed by atoms with Gasteiger partial charge in [-0.2, -0.15) is 0 Å². The van der Waals surface area contributed by atoms with Gasteiger partial charge < -0.3 is 74.7 Å². The Bertz CT molecular complexity index is 624. The van der Waals surface area contributed by atoms with Crippen LogP contribution in [0.2, 0.25) is 0 Å². The lowest BCUT2D eigenvalue weighted by molar-refractivity contribution is -0.361. The number of rotatable bonds is 6. The molecule has 15 heteroatoms. The van der Waals surface area contributed by atoms with Gasteiger partial charge in [-0.3, -0.25) is 0 Å². The van der Waals surface area contributed by atoms with E-state index in [0.717, 1.165) is 0 Å². The van der Waals surface area contributed by atoms with E-state index in [1.807, 2.05) is 0 Å². The summed E-state index contributed by atoms with van der Waals surface area (Å²) in [7, 11) is 0. The van der Waals surface area contributed by atoms with Crippen LogP contribution >= 0.6 is 0 Å². The van der Waals surface area contributed by atoms with Crippen molar-refractivity contribution in [1.29, 1.82) is 0 Å². The Labute approximate surface area is 187 Å². The predicted molar refractivity (Wildman–Crippen MR) is 99.8 cm³/mol. The molecule has 10 N–H and O–H groups in total. The van der Waals surface area contributed by atoms with Crippen molar-refractivity contribution in [2.45, 2.75) is 99.0 Å². The molecule has 3 aliphatic heterocycles. The second-order valence-electron chi connectivity index (χ2n) is 8.36. The summed E-state index contributed by atoms with van der Waals surface area (Å²) < 4.78 is 26.5. The van der Waals surface area contributed by atoms with E-state index < -0.39 is 105 Å². The molecular weight excluding hydrogens is 456 g/mol. The molecule has 33 heavy (non-hydrogen) atoms. The van der Waals surface area contributed by atoms with Gasteiger partial charge in [0.15, 0.2) is 18.9 Å². The lowest BCUT2D eigenvalue weighted by Crippen LogP contribution is -2.64. The quantitative estimate of drug-likeness (QED) is 0.167. The fraction of sp³-hybridized carbons (Fsp3) is 1.00. The lowest BCUT2D eigenvalue weighted by atomic mass is 9.97. The Morgan fingerprint density at radius 1 is 0.606 bits per heavy atom. The van der Waals surface area contributed by atoms with Gasteiger partial charge in [0, 0.05) is 0 Å². The molecule has 0 saturated carbocycles. The maximum Gasteiger partial charge on any atom is 0.187 e. The molecule has 0 aromatic rings. The molecule has 0 bridgehead atoms. The molecule has 1 unspecified atom stereocenters. The van der Waals surface area contributed by atoms with Crippen LogP contribution in [0.1, 0.15) is 6.92 Å². The van der Waals surface area contributed by atoms with Gasteiger partial charge in [0.2, 0.25) is 0 Å². The van der Waals surface area contributed by atoms with Crippen molar-refractivity contribution >= 4 is 0 Å². The third-order valence-corrected chi connectivity index (χ3v) is 6.03. The highest BCUT2D eigenvalue weighted by molar-refractivity contribution is 4.94. The highest BCUT2D eigenvalue weighted by Crippen LogP contribution is 2.29. The van der Waals surface area contributed by atoms with E-state index in [0.29, 0.717) is 0 Å². The highest BCUT2D eigenvalue weighted by Gasteiger charge is 2.51. The summed E-state index contributed by atoms with van der Waals surface area (Å²) in [6.07, 6.45) is -23.5. The van der Waals surface area contributed by atoms with Gasteiger partial charge in [0.1, 0.15) is 67.1 Å². The standard InChI is InChI=1S/C18H32O15/c1-4-7(20)9(22)13(26)17(30-4)29-3-6-8(21)10(23)14(27)18(32-6)33-15-5(2-19)31-16(28)12(25)11(15)24/h4-28H,2-3H2,1H3/t4-,5+,6+,7+,8-,9+,10-,11+,12+,13-,14+,15+,16?,17+,18-/m0/s1. The first-order chi connectivity index (χ1) is 15.5. The molecule has 3 saturated heterocycles.